The first-order valence-electron chi connectivity index (χ1n) is 3.63. The Balaban J connectivity index is 2.99. The Bertz CT molecular complexity index is 433. The summed E-state index contributed by atoms with van der Waals surface area (Å²) in [6.45, 7) is 2.03. The van der Waals surface area contributed by atoms with Gasteiger partial charge in [0.1, 0.15) is 4.60 Å². The van der Waals surface area contributed by atoms with E-state index in [0.29, 0.717) is 0 Å². The number of hydrogen-bond acceptors (Lipinski definition) is 2. The van der Waals surface area contributed by atoms with Gasteiger partial charge < -0.3 is 0 Å². The average Bonchev–Trinajstić information content (AvgIpc) is 2.29. The number of halogens is 1. The van der Waals surface area contributed by atoms with E-state index >= 15 is 0 Å². The van der Waals surface area contributed by atoms with Gasteiger partial charge in [0.05, 0.1) is 10.9 Å². The normalized spacial score (nSPS) is 10.9. The van der Waals surface area contributed by atoms with Crippen LogP contribution in [0.4, 0.5) is 0 Å². The molecule has 3 nitrogen and oxygen atoms in total. The number of hydrogen-bond donors (Lipinski definition) is 0. The lowest BCUT2D eigenvalue weighted by molar-refractivity contribution is 0.786. The van der Waals surface area contributed by atoms with Gasteiger partial charge in [-0.1, -0.05) is 0 Å². The summed E-state index contributed by atoms with van der Waals surface area (Å²) in [7, 11) is 1.93. The molecule has 0 aliphatic carbocycles. The van der Waals surface area contributed by atoms with Gasteiger partial charge in [0.25, 0.3) is 0 Å². The van der Waals surface area contributed by atoms with Gasteiger partial charge in [-0.2, -0.15) is 5.10 Å². The van der Waals surface area contributed by atoms with E-state index in [1.165, 1.54) is 0 Å². The van der Waals surface area contributed by atoms with Crippen molar-refractivity contribution in [1.29, 1.82) is 0 Å². The van der Waals surface area contributed by atoms with E-state index < -0.39 is 0 Å². The standard InChI is InChI=1S/C8H8BrN3/c1-5-3-10-4-6-7(5)12(2)11-8(6)9/h3-4H,1-2H3. The Hall–Kier alpha value is -0.900. The van der Waals surface area contributed by atoms with Crippen molar-refractivity contribution in [2.24, 2.45) is 7.05 Å². The predicted octanol–water partition coefficient (Wildman–Crippen LogP) is 2.04. The van der Waals surface area contributed by atoms with Gasteiger partial charge in [0.15, 0.2) is 0 Å². The molecular formula is C8H8BrN3. The second-order valence-electron chi connectivity index (χ2n) is 2.77. The topological polar surface area (TPSA) is 30.7 Å². The van der Waals surface area contributed by atoms with Crippen molar-refractivity contribution in [2.45, 2.75) is 6.92 Å². The molecule has 62 valence electrons. The maximum atomic E-state index is 4.24. The molecule has 12 heavy (non-hydrogen) atoms. The molecule has 2 rings (SSSR count). The second kappa shape index (κ2) is 2.55. The predicted molar refractivity (Wildman–Crippen MR) is 50.9 cm³/mol. The van der Waals surface area contributed by atoms with Crippen molar-refractivity contribution in [3.63, 3.8) is 0 Å². The highest BCUT2D eigenvalue weighted by Gasteiger charge is 2.07. The molecule has 0 bridgehead atoms. The number of nitrogens with zero attached hydrogens (tertiary/aromatic N) is 3. The van der Waals surface area contributed by atoms with Gasteiger partial charge in [-0.25, -0.2) is 0 Å². The first kappa shape index (κ1) is 7.73. The molecule has 0 aliphatic heterocycles. The van der Waals surface area contributed by atoms with E-state index in [0.717, 1.165) is 21.1 Å². The Labute approximate surface area is 78.5 Å². The fraction of sp³-hybridized carbons (Fsp3) is 0.250. The lowest BCUT2D eigenvalue weighted by Gasteiger charge is -1.96. The maximum Gasteiger partial charge on any atom is 0.137 e. The molecule has 0 saturated carbocycles. The van der Waals surface area contributed by atoms with Crippen LogP contribution >= 0.6 is 15.9 Å². The second-order valence-corrected chi connectivity index (χ2v) is 3.52. The lowest BCUT2D eigenvalue weighted by atomic mass is 10.2. The summed E-state index contributed by atoms with van der Waals surface area (Å²) in [5.41, 5.74) is 2.28. The smallest absolute Gasteiger partial charge is 0.137 e. The van der Waals surface area contributed by atoms with Crippen molar-refractivity contribution in [3.05, 3.63) is 22.6 Å². The molecule has 0 spiro atoms. The highest BCUT2D eigenvalue weighted by Crippen LogP contribution is 2.23. The molecule has 0 saturated heterocycles. The lowest BCUT2D eigenvalue weighted by Crippen LogP contribution is -1.91. The van der Waals surface area contributed by atoms with Crippen LogP contribution in [0.25, 0.3) is 10.9 Å². The van der Waals surface area contributed by atoms with Crippen molar-refractivity contribution >= 4 is 26.8 Å². The zero-order valence-corrected chi connectivity index (χ0v) is 8.46. The first-order valence-corrected chi connectivity index (χ1v) is 4.42. The van der Waals surface area contributed by atoms with Crippen LogP contribution in [-0.2, 0) is 7.05 Å². The van der Waals surface area contributed by atoms with E-state index in [9.17, 15) is 0 Å². The molecule has 2 aromatic heterocycles. The number of fused-ring (bicyclic) bond motifs is 1. The molecule has 2 heterocycles. The number of rotatable bonds is 0. The van der Waals surface area contributed by atoms with E-state index in [1.807, 2.05) is 31.0 Å². The zero-order valence-electron chi connectivity index (χ0n) is 6.87. The summed E-state index contributed by atoms with van der Waals surface area (Å²) >= 11 is 3.38. The third-order valence-corrected chi connectivity index (χ3v) is 2.47. The minimum absolute atomic E-state index is 0.858. The van der Waals surface area contributed by atoms with Crippen LogP contribution in [0, 0.1) is 6.92 Å². The molecule has 0 N–H and O–H groups in total. The fourth-order valence-electron chi connectivity index (χ4n) is 1.37. The Kier molecular flexibility index (Phi) is 1.65. The van der Waals surface area contributed by atoms with Crippen LogP contribution < -0.4 is 0 Å². The van der Waals surface area contributed by atoms with E-state index in [-0.39, 0.29) is 0 Å². The molecule has 0 amide bonds. The number of aryl methyl sites for hydroxylation is 2. The SMILES string of the molecule is Cc1cncc2c(Br)nn(C)c12. The van der Waals surface area contributed by atoms with E-state index in [2.05, 4.69) is 26.0 Å². The van der Waals surface area contributed by atoms with E-state index in [1.54, 1.807) is 0 Å². The molecule has 0 aliphatic rings. The Morgan fingerprint density at radius 1 is 1.42 bits per heavy atom. The number of pyridine rings is 1. The largest absolute Gasteiger partial charge is 0.266 e. The third kappa shape index (κ3) is 0.948. The van der Waals surface area contributed by atoms with Gasteiger partial charge in [-0.3, -0.25) is 9.67 Å². The van der Waals surface area contributed by atoms with Crippen molar-refractivity contribution in [2.75, 3.05) is 0 Å². The summed E-state index contributed by atoms with van der Waals surface area (Å²) in [4.78, 5) is 4.10. The van der Waals surface area contributed by atoms with Crippen LogP contribution in [-0.4, -0.2) is 14.8 Å². The van der Waals surface area contributed by atoms with Gasteiger partial charge in [-0.15, -0.1) is 0 Å². The van der Waals surface area contributed by atoms with Gasteiger partial charge in [-0.05, 0) is 28.4 Å². The highest BCUT2D eigenvalue weighted by atomic mass is 79.9. The van der Waals surface area contributed by atoms with Crippen molar-refractivity contribution < 1.29 is 0 Å². The average molecular weight is 226 g/mol. The maximum absolute atomic E-state index is 4.24. The monoisotopic (exact) mass is 225 g/mol. The van der Waals surface area contributed by atoms with Gasteiger partial charge >= 0.3 is 0 Å². The minimum atomic E-state index is 0.858. The summed E-state index contributed by atoms with van der Waals surface area (Å²) in [6, 6.07) is 0. The van der Waals surface area contributed by atoms with Gasteiger partial charge in [0.2, 0.25) is 0 Å². The zero-order chi connectivity index (χ0) is 8.72. The molecule has 0 unspecified atom stereocenters. The minimum Gasteiger partial charge on any atom is -0.266 e. The third-order valence-electron chi connectivity index (χ3n) is 1.88. The molecular weight excluding hydrogens is 218 g/mol. The van der Waals surface area contributed by atoms with Crippen LogP contribution in [0.3, 0.4) is 0 Å². The van der Waals surface area contributed by atoms with Crippen molar-refractivity contribution in [3.8, 4) is 0 Å². The number of aromatic nitrogens is 3. The quantitative estimate of drug-likeness (QED) is 0.688. The van der Waals surface area contributed by atoms with Crippen LogP contribution in [0.5, 0.6) is 0 Å². The highest BCUT2D eigenvalue weighted by molar-refractivity contribution is 9.10. The van der Waals surface area contributed by atoms with Crippen LogP contribution in [0.15, 0.2) is 17.0 Å². The molecule has 0 atom stereocenters. The summed E-state index contributed by atoms with van der Waals surface area (Å²) in [5, 5.41) is 5.31. The molecule has 0 radical (unpaired) electrons. The van der Waals surface area contributed by atoms with E-state index in [4.69, 9.17) is 0 Å². The van der Waals surface area contributed by atoms with Gasteiger partial charge in [0, 0.05) is 19.4 Å². The van der Waals surface area contributed by atoms with Crippen LogP contribution in [0.2, 0.25) is 0 Å². The molecule has 0 fully saturated rings. The van der Waals surface area contributed by atoms with Crippen LogP contribution in [0.1, 0.15) is 5.56 Å². The van der Waals surface area contributed by atoms with Crippen molar-refractivity contribution in [1.82, 2.24) is 14.8 Å². The summed E-state index contributed by atoms with van der Waals surface area (Å²) in [5.74, 6) is 0. The fourth-order valence-corrected chi connectivity index (χ4v) is 1.90. The summed E-state index contributed by atoms with van der Waals surface area (Å²) in [6.07, 6.45) is 3.66. The molecule has 4 heteroatoms. The molecule has 2 aromatic rings. The Morgan fingerprint density at radius 2 is 2.17 bits per heavy atom. The molecule has 0 aromatic carbocycles. The first-order chi connectivity index (χ1) is 5.70. The summed E-state index contributed by atoms with van der Waals surface area (Å²) < 4.78 is 2.72. The Morgan fingerprint density at radius 3 is 2.83 bits per heavy atom.